The summed E-state index contributed by atoms with van der Waals surface area (Å²) in [4.78, 5) is 26.8. The second kappa shape index (κ2) is 9.30. The molecular formula is C18H29N3O2. The van der Waals surface area contributed by atoms with Crippen molar-refractivity contribution < 1.29 is 9.59 Å². The van der Waals surface area contributed by atoms with Crippen LogP contribution in [0.4, 0.5) is 0 Å². The zero-order chi connectivity index (χ0) is 17.4. The predicted molar refractivity (Wildman–Crippen MR) is 93.5 cm³/mol. The average Bonchev–Trinajstić information content (AvgIpc) is 2.51. The lowest BCUT2D eigenvalue weighted by Crippen LogP contribution is -2.49. The number of hydrogen-bond donors (Lipinski definition) is 2. The molecule has 0 saturated heterocycles. The molecule has 1 atom stereocenters. The summed E-state index contributed by atoms with van der Waals surface area (Å²) in [6, 6.07) is 6.91. The molecule has 0 bridgehead atoms. The molecule has 1 aromatic rings. The van der Waals surface area contributed by atoms with Crippen LogP contribution in [0.5, 0.6) is 0 Å². The van der Waals surface area contributed by atoms with Gasteiger partial charge in [-0.15, -0.1) is 0 Å². The first-order chi connectivity index (χ1) is 10.9. The Labute approximate surface area is 139 Å². The normalized spacial score (nSPS) is 12.1. The predicted octanol–water partition coefficient (Wildman–Crippen LogP) is 1.82. The lowest BCUT2D eigenvalue weighted by molar-refractivity contribution is -0.132. The Morgan fingerprint density at radius 3 is 2.43 bits per heavy atom. The molecule has 0 saturated carbocycles. The molecule has 5 heteroatoms. The largest absolute Gasteiger partial charge is 0.343 e. The number of carbonyl (C=O) groups is 2. The van der Waals surface area contributed by atoms with Crippen LogP contribution in [0.2, 0.25) is 0 Å². The molecular weight excluding hydrogens is 290 g/mol. The molecule has 0 aliphatic rings. The molecule has 128 valence electrons. The molecule has 0 radical (unpaired) electrons. The van der Waals surface area contributed by atoms with Crippen molar-refractivity contribution in [2.45, 2.75) is 33.2 Å². The molecule has 1 rings (SSSR count). The van der Waals surface area contributed by atoms with Gasteiger partial charge in [-0.2, -0.15) is 0 Å². The van der Waals surface area contributed by atoms with Crippen LogP contribution < -0.4 is 10.6 Å². The minimum atomic E-state index is -0.496. The molecule has 0 aromatic heterocycles. The number of likely N-dealkylation sites (N-methyl/N-ethyl adjacent to an activating group) is 2. The fourth-order valence-electron chi connectivity index (χ4n) is 2.41. The van der Waals surface area contributed by atoms with E-state index >= 15 is 0 Å². The van der Waals surface area contributed by atoms with Gasteiger partial charge < -0.3 is 15.5 Å². The summed E-state index contributed by atoms with van der Waals surface area (Å²) >= 11 is 0. The number of carbonyl (C=O) groups excluding carboxylic acids is 2. The van der Waals surface area contributed by atoms with E-state index in [-0.39, 0.29) is 11.8 Å². The second-order valence-corrected chi connectivity index (χ2v) is 6.33. The van der Waals surface area contributed by atoms with Gasteiger partial charge in [0.15, 0.2) is 0 Å². The lowest BCUT2D eigenvalue weighted by Gasteiger charge is -2.26. The van der Waals surface area contributed by atoms with E-state index in [0.29, 0.717) is 24.4 Å². The summed E-state index contributed by atoms with van der Waals surface area (Å²) in [5.74, 6) is 0.0822. The van der Waals surface area contributed by atoms with Crippen molar-refractivity contribution in [2.24, 2.45) is 5.92 Å². The fourth-order valence-corrected chi connectivity index (χ4v) is 2.41. The number of amides is 2. The maximum absolute atomic E-state index is 12.6. The van der Waals surface area contributed by atoms with Gasteiger partial charge in [0.05, 0.1) is 0 Å². The third-order valence-corrected chi connectivity index (χ3v) is 3.77. The van der Waals surface area contributed by atoms with E-state index < -0.39 is 6.04 Å². The summed E-state index contributed by atoms with van der Waals surface area (Å²) in [5.41, 5.74) is 1.52. The van der Waals surface area contributed by atoms with Crippen LogP contribution in [0, 0.1) is 12.8 Å². The van der Waals surface area contributed by atoms with E-state index in [4.69, 9.17) is 0 Å². The smallest absolute Gasteiger partial charge is 0.252 e. The summed E-state index contributed by atoms with van der Waals surface area (Å²) in [7, 11) is 3.62. The molecule has 23 heavy (non-hydrogen) atoms. The van der Waals surface area contributed by atoms with Gasteiger partial charge in [0.1, 0.15) is 6.04 Å². The van der Waals surface area contributed by atoms with E-state index in [1.165, 1.54) is 0 Å². The van der Waals surface area contributed by atoms with Gasteiger partial charge in [0.25, 0.3) is 5.91 Å². The van der Waals surface area contributed by atoms with Gasteiger partial charge in [-0.3, -0.25) is 9.59 Å². The van der Waals surface area contributed by atoms with Crippen LogP contribution in [0.25, 0.3) is 0 Å². The lowest BCUT2D eigenvalue weighted by atomic mass is 10.0. The van der Waals surface area contributed by atoms with Crippen molar-refractivity contribution in [1.82, 2.24) is 15.5 Å². The van der Waals surface area contributed by atoms with Crippen molar-refractivity contribution in [3.63, 3.8) is 0 Å². The molecule has 2 N–H and O–H groups in total. The maximum Gasteiger partial charge on any atom is 0.252 e. The minimum Gasteiger partial charge on any atom is -0.343 e. The van der Waals surface area contributed by atoms with Gasteiger partial charge in [-0.05, 0) is 37.9 Å². The molecule has 0 heterocycles. The van der Waals surface area contributed by atoms with E-state index in [2.05, 4.69) is 10.6 Å². The Balaban J connectivity index is 2.84. The van der Waals surface area contributed by atoms with Gasteiger partial charge >= 0.3 is 0 Å². The van der Waals surface area contributed by atoms with Crippen molar-refractivity contribution in [3.05, 3.63) is 35.4 Å². The van der Waals surface area contributed by atoms with Crippen molar-refractivity contribution >= 4 is 11.8 Å². The number of benzene rings is 1. The SMILES string of the molecule is CNCCN(C)C(=O)C(CC(C)C)NC(=O)c1ccccc1C. The summed E-state index contributed by atoms with van der Waals surface area (Å²) < 4.78 is 0. The number of nitrogens with one attached hydrogen (secondary N) is 2. The van der Waals surface area contributed by atoms with Crippen LogP contribution in [0.15, 0.2) is 24.3 Å². The van der Waals surface area contributed by atoms with Crippen molar-refractivity contribution in [1.29, 1.82) is 0 Å². The summed E-state index contributed by atoms with van der Waals surface area (Å²) in [6.45, 7) is 7.33. The Morgan fingerprint density at radius 2 is 1.87 bits per heavy atom. The van der Waals surface area contributed by atoms with Crippen LogP contribution in [-0.4, -0.2) is 49.9 Å². The maximum atomic E-state index is 12.6. The third-order valence-electron chi connectivity index (χ3n) is 3.77. The van der Waals surface area contributed by atoms with E-state index in [1.807, 2.05) is 46.0 Å². The van der Waals surface area contributed by atoms with Gasteiger partial charge in [0.2, 0.25) is 5.91 Å². The highest BCUT2D eigenvalue weighted by Crippen LogP contribution is 2.11. The number of rotatable bonds is 8. The monoisotopic (exact) mass is 319 g/mol. The molecule has 5 nitrogen and oxygen atoms in total. The first kappa shape index (κ1) is 19.2. The summed E-state index contributed by atoms with van der Waals surface area (Å²) in [5, 5.41) is 5.94. The Bertz CT molecular complexity index is 529. The average molecular weight is 319 g/mol. The third kappa shape index (κ3) is 6.02. The van der Waals surface area contributed by atoms with Crippen LogP contribution in [0.3, 0.4) is 0 Å². The van der Waals surface area contributed by atoms with Crippen LogP contribution >= 0.6 is 0 Å². The van der Waals surface area contributed by atoms with E-state index in [9.17, 15) is 9.59 Å². The molecule has 0 spiro atoms. The van der Waals surface area contributed by atoms with E-state index in [0.717, 1.165) is 12.1 Å². The fraction of sp³-hybridized carbons (Fsp3) is 0.556. The highest BCUT2D eigenvalue weighted by molar-refractivity contribution is 5.98. The Hall–Kier alpha value is -1.88. The van der Waals surface area contributed by atoms with Gasteiger partial charge in [0, 0.05) is 25.7 Å². The number of nitrogens with zero attached hydrogens (tertiary/aromatic N) is 1. The molecule has 0 fully saturated rings. The Kier molecular flexibility index (Phi) is 7.75. The second-order valence-electron chi connectivity index (χ2n) is 6.33. The zero-order valence-corrected chi connectivity index (χ0v) is 14.8. The van der Waals surface area contributed by atoms with Gasteiger partial charge in [-0.25, -0.2) is 0 Å². The number of hydrogen-bond acceptors (Lipinski definition) is 3. The van der Waals surface area contributed by atoms with Crippen molar-refractivity contribution in [2.75, 3.05) is 27.2 Å². The van der Waals surface area contributed by atoms with Gasteiger partial charge in [-0.1, -0.05) is 32.0 Å². The van der Waals surface area contributed by atoms with E-state index in [1.54, 1.807) is 18.0 Å². The first-order valence-electron chi connectivity index (χ1n) is 8.12. The van der Waals surface area contributed by atoms with Crippen molar-refractivity contribution in [3.8, 4) is 0 Å². The Morgan fingerprint density at radius 1 is 1.22 bits per heavy atom. The number of aryl methyl sites for hydroxylation is 1. The zero-order valence-electron chi connectivity index (χ0n) is 14.8. The summed E-state index contributed by atoms with van der Waals surface area (Å²) in [6.07, 6.45) is 0.625. The highest BCUT2D eigenvalue weighted by atomic mass is 16.2. The minimum absolute atomic E-state index is 0.0455. The van der Waals surface area contributed by atoms with Crippen LogP contribution in [0.1, 0.15) is 36.2 Å². The molecule has 0 aliphatic heterocycles. The topological polar surface area (TPSA) is 61.4 Å². The standard InChI is InChI=1S/C18H29N3O2/c1-13(2)12-16(18(23)21(5)11-10-19-4)20-17(22)15-9-7-6-8-14(15)3/h6-9,13,16,19H,10-12H2,1-5H3,(H,20,22). The quantitative estimate of drug-likeness (QED) is 0.768. The van der Waals surface area contributed by atoms with Crippen LogP contribution in [-0.2, 0) is 4.79 Å². The molecule has 0 aliphatic carbocycles. The highest BCUT2D eigenvalue weighted by Gasteiger charge is 2.25. The molecule has 1 aromatic carbocycles. The first-order valence-corrected chi connectivity index (χ1v) is 8.12. The molecule has 1 unspecified atom stereocenters. The molecule has 2 amide bonds.